The molecule has 1 aliphatic rings. The van der Waals surface area contributed by atoms with Gasteiger partial charge in [-0.25, -0.2) is 0 Å². The molecule has 1 N–H and O–H groups in total. The highest BCUT2D eigenvalue weighted by Gasteiger charge is 2.22. The van der Waals surface area contributed by atoms with Crippen LogP contribution in [0.3, 0.4) is 0 Å². The molecule has 3 unspecified atom stereocenters. The fourth-order valence-electron chi connectivity index (χ4n) is 2.46. The van der Waals surface area contributed by atoms with Gasteiger partial charge in [0.1, 0.15) is 0 Å². The van der Waals surface area contributed by atoms with Crippen LogP contribution in [-0.2, 0) is 4.74 Å². The van der Waals surface area contributed by atoms with Gasteiger partial charge in [0.2, 0.25) is 0 Å². The van der Waals surface area contributed by atoms with Gasteiger partial charge in [-0.3, -0.25) is 0 Å². The van der Waals surface area contributed by atoms with Gasteiger partial charge in [-0.2, -0.15) is 0 Å². The lowest BCUT2D eigenvalue weighted by Gasteiger charge is -2.30. The maximum Gasteiger partial charge on any atom is 0.0675 e. The highest BCUT2D eigenvalue weighted by Crippen LogP contribution is 2.28. The summed E-state index contributed by atoms with van der Waals surface area (Å²) in [5, 5.41) is 3.19. The first kappa shape index (κ1) is 13.5. The van der Waals surface area contributed by atoms with Gasteiger partial charge in [0.15, 0.2) is 0 Å². The van der Waals surface area contributed by atoms with Crippen molar-refractivity contribution >= 4 is 0 Å². The average Bonchev–Trinajstić information content (AvgIpc) is 2.29. The fraction of sp³-hybridized carbons (Fsp3) is 0.857. The van der Waals surface area contributed by atoms with E-state index in [0.717, 1.165) is 12.5 Å². The summed E-state index contributed by atoms with van der Waals surface area (Å²) in [6.45, 7) is 5.90. The molecule has 2 nitrogen and oxygen atoms in total. The van der Waals surface area contributed by atoms with Gasteiger partial charge in [0, 0.05) is 6.54 Å². The molecule has 0 saturated heterocycles. The molecule has 0 radical (unpaired) electrons. The monoisotopic (exact) mass is 223 g/mol. The van der Waals surface area contributed by atoms with E-state index in [4.69, 9.17) is 11.2 Å². The number of ether oxygens (including phenoxy) is 1. The summed E-state index contributed by atoms with van der Waals surface area (Å²) in [6.07, 6.45) is 12.4. The summed E-state index contributed by atoms with van der Waals surface area (Å²) in [5.41, 5.74) is 0. The Balaban J connectivity index is 2.17. The number of hydrogen-bond donors (Lipinski definition) is 1. The van der Waals surface area contributed by atoms with Crippen molar-refractivity contribution in [2.45, 2.75) is 58.2 Å². The molecular weight excluding hydrogens is 198 g/mol. The average molecular weight is 223 g/mol. The van der Waals surface area contributed by atoms with Crippen molar-refractivity contribution in [3.05, 3.63) is 0 Å². The molecular formula is C14H25NO. The minimum atomic E-state index is 0.272. The zero-order valence-corrected chi connectivity index (χ0v) is 10.7. The van der Waals surface area contributed by atoms with Gasteiger partial charge >= 0.3 is 0 Å². The maximum absolute atomic E-state index is 6.04. The molecule has 92 valence electrons. The summed E-state index contributed by atoms with van der Waals surface area (Å²) in [7, 11) is 0. The Hall–Kier alpha value is -0.520. The Morgan fingerprint density at radius 2 is 2.31 bits per heavy atom. The largest absolute Gasteiger partial charge is 0.374 e. The van der Waals surface area contributed by atoms with Gasteiger partial charge in [-0.15, -0.1) is 6.42 Å². The Bertz CT molecular complexity index is 221. The van der Waals surface area contributed by atoms with Crippen molar-refractivity contribution in [2.24, 2.45) is 5.92 Å². The van der Waals surface area contributed by atoms with E-state index in [1.54, 1.807) is 0 Å². The van der Waals surface area contributed by atoms with E-state index in [1.165, 1.54) is 32.1 Å². The summed E-state index contributed by atoms with van der Waals surface area (Å²) >= 11 is 0. The van der Waals surface area contributed by atoms with Gasteiger partial charge in [-0.1, -0.05) is 32.1 Å². The summed E-state index contributed by atoms with van der Waals surface area (Å²) < 4.78 is 6.04. The Labute approximate surface area is 100 Å². The Morgan fingerprint density at radius 1 is 1.50 bits per heavy atom. The molecule has 1 aliphatic carbocycles. The molecule has 0 aliphatic heterocycles. The number of nitrogens with one attached hydrogen (secondary N) is 1. The molecule has 0 spiro atoms. The lowest BCUT2D eigenvalue weighted by atomic mass is 9.85. The minimum absolute atomic E-state index is 0.272. The van der Waals surface area contributed by atoms with Crippen molar-refractivity contribution in [2.75, 3.05) is 13.1 Å². The normalized spacial score (nSPS) is 27.3. The maximum atomic E-state index is 6.04. The third-order valence-corrected chi connectivity index (χ3v) is 3.40. The van der Waals surface area contributed by atoms with E-state index in [2.05, 4.69) is 25.1 Å². The van der Waals surface area contributed by atoms with Crippen LogP contribution >= 0.6 is 0 Å². The molecule has 2 heteroatoms. The third-order valence-electron chi connectivity index (χ3n) is 3.40. The van der Waals surface area contributed by atoms with Crippen LogP contribution in [0.15, 0.2) is 0 Å². The predicted molar refractivity (Wildman–Crippen MR) is 68.3 cm³/mol. The van der Waals surface area contributed by atoms with Crippen molar-refractivity contribution in [3.8, 4) is 12.3 Å². The first-order valence-corrected chi connectivity index (χ1v) is 6.55. The standard InChI is InChI=1S/C14H25NO/c1-4-9-15-11-12(3)16-14-8-6-7-13(5-2)10-14/h1,12-15H,5-11H2,2-3H3. The lowest BCUT2D eigenvalue weighted by Crippen LogP contribution is -2.32. The smallest absolute Gasteiger partial charge is 0.0675 e. The molecule has 0 aromatic carbocycles. The van der Waals surface area contributed by atoms with Crippen molar-refractivity contribution in [1.29, 1.82) is 0 Å². The summed E-state index contributed by atoms with van der Waals surface area (Å²) in [5.74, 6) is 3.46. The summed E-state index contributed by atoms with van der Waals surface area (Å²) in [6, 6.07) is 0. The van der Waals surface area contributed by atoms with E-state index in [-0.39, 0.29) is 6.10 Å². The molecule has 1 fully saturated rings. The van der Waals surface area contributed by atoms with Crippen LogP contribution in [0, 0.1) is 18.3 Å². The lowest BCUT2D eigenvalue weighted by molar-refractivity contribution is -0.0310. The topological polar surface area (TPSA) is 21.3 Å². The minimum Gasteiger partial charge on any atom is -0.374 e. The van der Waals surface area contributed by atoms with Gasteiger partial charge < -0.3 is 10.1 Å². The van der Waals surface area contributed by atoms with Gasteiger partial charge in [-0.05, 0) is 25.7 Å². The van der Waals surface area contributed by atoms with E-state index >= 15 is 0 Å². The van der Waals surface area contributed by atoms with Crippen LogP contribution in [-0.4, -0.2) is 25.3 Å². The number of terminal acetylenes is 1. The first-order chi connectivity index (χ1) is 7.76. The fourth-order valence-corrected chi connectivity index (χ4v) is 2.46. The summed E-state index contributed by atoms with van der Waals surface area (Å²) in [4.78, 5) is 0. The number of hydrogen-bond acceptors (Lipinski definition) is 2. The molecule has 0 amide bonds. The molecule has 0 aromatic heterocycles. The van der Waals surface area contributed by atoms with Crippen molar-refractivity contribution < 1.29 is 4.74 Å². The van der Waals surface area contributed by atoms with Crippen molar-refractivity contribution in [1.82, 2.24) is 5.32 Å². The molecule has 3 atom stereocenters. The van der Waals surface area contributed by atoms with Crippen LogP contribution in [0.5, 0.6) is 0 Å². The third kappa shape index (κ3) is 5.01. The molecule has 0 heterocycles. The SMILES string of the molecule is C#CCNCC(C)OC1CCCC(CC)C1. The van der Waals surface area contributed by atoms with E-state index in [1.807, 2.05) is 0 Å². The zero-order valence-electron chi connectivity index (χ0n) is 10.7. The van der Waals surface area contributed by atoms with Gasteiger partial charge in [0.05, 0.1) is 18.8 Å². The predicted octanol–water partition coefficient (Wildman–Crippen LogP) is 2.58. The molecule has 1 saturated carbocycles. The molecule has 0 aromatic rings. The second-order valence-corrected chi connectivity index (χ2v) is 4.84. The molecule has 0 bridgehead atoms. The van der Waals surface area contributed by atoms with E-state index in [9.17, 15) is 0 Å². The molecule has 1 rings (SSSR count). The highest BCUT2D eigenvalue weighted by molar-refractivity contribution is 4.86. The van der Waals surface area contributed by atoms with Crippen LogP contribution < -0.4 is 5.32 Å². The Morgan fingerprint density at radius 3 is 3.00 bits per heavy atom. The molecule has 16 heavy (non-hydrogen) atoms. The van der Waals surface area contributed by atoms with Crippen LogP contribution in [0.2, 0.25) is 0 Å². The van der Waals surface area contributed by atoms with Crippen molar-refractivity contribution in [3.63, 3.8) is 0 Å². The van der Waals surface area contributed by atoms with Crippen LogP contribution in [0.25, 0.3) is 0 Å². The zero-order chi connectivity index (χ0) is 11.8. The second-order valence-electron chi connectivity index (χ2n) is 4.84. The van der Waals surface area contributed by atoms with E-state index in [0.29, 0.717) is 12.6 Å². The number of rotatable bonds is 6. The van der Waals surface area contributed by atoms with E-state index < -0.39 is 0 Å². The second kappa shape index (κ2) is 7.70. The van der Waals surface area contributed by atoms with Crippen LogP contribution in [0.1, 0.15) is 46.0 Å². The van der Waals surface area contributed by atoms with Gasteiger partial charge in [0.25, 0.3) is 0 Å². The first-order valence-electron chi connectivity index (χ1n) is 6.55. The Kier molecular flexibility index (Phi) is 6.52. The quantitative estimate of drug-likeness (QED) is 0.552. The van der Waals surface area contributed by atoms with Crippen LogP contribution in [0.4, 0.5) is 0 Å². The highest BCUT2D eigenvalue weighted by atomic mass is 16.5.